The monoisotopic (exact) mass is 239 g/mol. The molecule has 4 nitrogen and oxygen atoms in total. The van der Waals surface area contributed by atoms with Crippen LogP contribution in [-0.2, 0) is 4.79 Å². The minimum Gasteiger partial charge on any atom is -0.342 e. The number of carbonyl (C=O) groups is 1. The van der Waals surface area contributed by atoms with Crippen LogP contribution in [0, 0.1) is 5.92 Å². The van der Waals surface area contributed by atoms with Gasteiger partial charge in [0.1, 0.15) is 0 Å². The van der Waals surface area contributed by atoms with Gasteiger partial charge in [0, 0.05) is 19.6 Å². The van der Waals surface area contributed by atoms with Crippen LogP contribution in [-0.4, -0.2) is 62.0 Å². The van der Waals surface area contributed by atoms with Gasteiger partial charge in [0.2, 0.25) is 5.91 Å². The molecule has 2 saturated heterocycles. The van der Waals surface area contributed by atoms with E-state index in [1.807, 2.05) is 4.90 Å². The highest BCUT2D eigenvalue weighted by Gasteiger charge is 2.21. The number of carbonyl (C=O) groups excluding carboxylic acids is 1. The summed E-state index contributed by atoms with van der Waals surface area (Å²) in [6, 6.07) is 0. The normalized spacial score (nSPS) is 25.5. The average Bonchev–Trinajstić information content (AvgIpc) is 2.83. The van der Waals surface area contributed by atoms with Crippen molar-refractivity contribution in [3.8, 4) is 0 Å². The van der Waals surface area contributed by atoms with Crippen LogP contribution in [0.2, 0.25) is 0 Å². The molecule has 0 saturated carbocycles. The number of likely N-dealkylation sites (tertiary alicyclic amines) is 1. The molecular weight excluding hydrogens is 214 g/mol. The maximum Gasteiger partial charge on any atom is 0.236 e. The van der Waals surface area contributed by atoms with Crippen molar-refractivity contribution >= 4 is 5.91 Å². The third-order valence-electron chi connectivity index (χ3n) is 3.83. The van der Waals surface area contributed by atoms with Crippen LogP contribution in [0.15, 0.2) is 0 Å². The lowest BCUT2D eigenvalue weighted by molar-refractivity contribution is -0.131. The Morgan fingerprint density at radius 2 is 2.12 bits per heavy atom. The minimum absolute atomic E-state index is 0.314. The van der Waals surface area contributed by atoms with E-state index >= 15 is 0 Å². The minimum atomic E-state index is 0.314. The molecule has 98 valence electrons. The molecule has 2 aliphatic rings. The zero-order chi connectivity index (χ0) is 12.1. The first-order chi connectivity index (χ1) is 8.25. The van der Waals surface area contributed by atoms with E-state index in [4.69, 9.17) is 0 Å². The number of likely N-dealkylation sites (N-methyl/N-ethyl adjacent to an activating group) is 1. The SMILES string of the molecule is CN(CC(=O)N1CCCC1)CC1CCCNC1. The van der Waals surface area contributed by atoms with Crippen molar-refractivity contribution in [2.45, 2.75) is 25.7 Å². The van der Waals surface area contributed by atoms with E-state index in [0.717, 1.165) is 38.6 Å². The first-order valence-corrected chi connectivity index (χ1v) is 6.93. The second-order valence-corrected chi connectivity index (χ2v) is 5.50. The van der Waals surface area contributed by atoms with Crippen molar-refractivity contribution in [1.29, 1.82) is 0 Å². The van der Waals surface area contributed by atoms with Crippen LogP contribution < -0.4 is 5.32 Å². The predicted octanol–water partition coefficient (Wildman–Crippen LogP) is 0.540. The van der Waals surface area contributed by atoms with Gasteiger partial charge in [0.05, 0.1) is 6.54 Å². The molecule has 2 aliphatic heterocycles. The standard InChI is InChI=1S/C13H25N3O/c1-15(10-12-5-4-6-14-9-12)11-13(17)16-7-2-3-8-16/h12,14H,2-11H2,1H3. The molecule has 1 amide bonds. The summed E-state index contributed by atoms with van der Waals surface area (Å²) in [5.41, 5.74) is 0. The van der Waals surface area contributed by atoms with Crippen molar-refractivity contribution in [2.75, 3.05) is 46.3 Å². The molecule has 0 aliphatic carbocycles. The van der Waals surface area contributed by atoms with E-state index in [0.29, 0.717) is 12.5 Å². The predicted molar refractivity (Wildman–Crippen MR) is 68.9 cm³/mol. The van der Waals surface area contributed by atoms with Gasteiger partial charge in [-0.2, -0.15) is 0 Å². The van der Waals surface area contributed by atoms with E-state index in [-0.39, 0.29) is 0 Å². The lowest BCUT2D eigenvalue weighted by atomic mass is 9.99. The van der Waals surface area contributed by atoms with Crippen LogP contribution >= 0.6 is 0 Å². The van der Waals surface area contributed by atoms with Gasteiger partial charge >= 0.3 is 0 Å². The molecule has 4 heteroatoms. The summed E-state index contributed by atoms with van der Waals surface area (Å²) in [6.07, 6.45) is 4.94. The Kier molecular flexibility index (Phi) is 4.80. The van der Waals surface area contributed by atoms with Gasteiger partial charge in [-0.3, -0.25) is 9.69 Å². The lowest BCUT2D eigenvalue weighted by Gasteiger charge is -2.28. The zero-order valence-electron chi connectivity index (χ0n) is 11.0. The number of nitrogens with one attached hydrogen (secondary N) is 1. The van der Waals surface area contributed by atoms with Crippen LogP contribution in [0.5, 0.6) is 0 Å². The molecule has 17 heavy (non-hydrogen) atoms. The average molecular weight is 239 g/mol. The van der Waals surface area contributed by atoms with E-state index in [1.54, 1.807) is 0 Å². The molecule has 2 fully saturated rings. The number of piperidine rings is 1. The summed E-state index contributed by atoms with van der Waals surface area (Å²) in [4.78, 5) is 16.2. The molecule has 1 N–H and O–H groups in total. The zero-order valence-corrected chi connectivity index (χ0v) is 11.0. The van der Waals surface area contributed by atoms with E-state index in [2.05, 4.69) is 17.3 Å². The number of amides is 1. The Morgan fingerprint density at radius 3 is 2.76 bits per heavy atom. The van der Waals surface area contributed by atoms with Crippen molar-refractivity contribution in [3.05, 3.63) is 0 Å². The number of nitrogens with zero attached hydrogens (tertiary/aromatic N) is 2. The molecule has 0 bridgehead atoms. The maximum absolute atomic E-state index is 12.0. The second-order valence-electron chi connectivity index (χ2n) is 5.50. The fourth-order valence-corrected chi connectivity index (χ4v) is 2.88. The van der Waals surface area contributed by atoms with Crippen molar-refractivity contribution < 1.29 is 4.79 Å². The molecule has 0 aromatic rings. The van der Waals surface area contributed by atoms with Gasteiger partial charge in [-0.05, 0) is 51.7 Å². The van der Waals surface area contributed by atoms with E-state index < -0.39 is 0 Å². The molecule has 2 heterocycles. The summed E-state index contributed by atoms with van der Waals surface area (Å²) in [5.74, 6) is 1.04. The van der Waals surface area contributed by atoms with Crippen molar-refractivity contribution in [1.82, 2.24) is 15.1 Å². The lowest BCUT2D eigenvalue weighted by Crippen LogP contribution is -2.41. The Balaban J connectivity index is 1.68. The van der Waals surface area contributed by atoms with Crippen LogP contribution in [0.25, 0.3) is 0 Å². The van der Waals surface area contributed by atoms with Crippen molar-refractivity contribution in [3.63, 3.8) is 0 Å². The van der Waals surface area contributed by atoms with Gasteiger partial charge in [-0.15, -0.1) is 0 Å². The molecule has 0 radical (unpaired) electrons. The molecule has 0 aromatic heterocycles. The number of hydrogen-bond acceptors (Lipinski definition) is 3. The Morgan fingerprint density at radius 1 is 1.35 bits per heavy atom. The van der Waals surface area contributed by atoms with Crippen LogP contribution in [0.3, 0.4) is 0 Å². The Hall–Kier alpha value is -0.610. The Labute approximate surface area is 104 Å². The molecule has 0 aromatic carbocycles. The summed E-state index contributed by atoms with van der Waals surface area (Å²) in [7, 11) is 2.07. The summed E-state index contributed by atoms with van der Waals surface area (Å²) < 4.78 is 0. The van der Waals surface area contributed by atoms with E-state index in [1.165, 1.54) is 25.7 Å². The number of hydrogen-bond donors (Lipinski definition) is 1. The number of rotatable bonds is 4. The highest BCUT2D eigenvalue weighted by atomic mass is 16.2. The summed E-state index contributed by atoms with van der Waals surface area (Å²) in [5, 5.41) is 3.43. The van der Waals surface area contributed by atoms with Gasteiger partial charge in [-0.25, -0.2) is 0 Å². The van der Waals surface area contributed by atoms with E-state index in [9.17, 15) is 4.79 Å². The maximum atomic E-state index is 12.0. The Bertz CT molecular complexity index is 245. The van der Waals surface area contributed by atoms with Gasteiger partial charge < -0.3 is 10.2 Å². The summed E-state index contributed by atoms with van der Waals surface area (Å²) >= 11 is 0. The van der Waals surface area contributed by atoms with Crippen LogP contribution in [0.1, 0.15) is 25.7 Å². The quantitative estimate of drug-likeness (QED) is 0.778. The topological polar surface area (TPSA) is 35.6 Å². The molecular formula is C13H25N3O. The molecule has 0 spiro atoms. The van der Waals surface area contributed by atoms with Gasteiger partial charge in [-0.1, -0.05) is 0 Å². The third kappa shape index (κ3) is 3.96. The van der Waals surface area contributed by atoms with Crippen LogP contribution in [0.4, 0.5) is 0 Å². The highest BCUT2D eigenvalue weighted by Crippen LogP contribution is 2.12. The van der Waals surface area contributed by atoms with Gasteiger partial charge in [0.15, 0.2) is 0 Å². The highest BCUT2D eigenvalue weighted by molar-refractivity contribution is 5.78. The fourth-order valence-electron chi connectivity index (χ4n) is 2.88. The third-order valence-corrected chi connectivity index (χ3v) is 3.83. The smallest absolute Gasteiger partial charge is 0.236 e. The summed E-state index contributed by atoms with van der Waals surface area (Å²) in [6.45, 7) is 5.85. The molecule has 1 unspecified atom stereocenters. The molecule has 1 atom stereocenters. The fraction of sp³-hybridized carbons (Fsp3) is 0.923. The van der Waals surface area contributed by atoms with Gasteiger partial charge in [0.25, 0.3) is 0 Å². The first-order valence-electron chi connectivity index (χ1n) is 6.93. The largest absolute Gasteiger partial charge is 0.342 e. The second kappa shape index (κ2) is 6.36. The van der Waals surface area contributed by atoms with Crippen molar-refractivity contribution in [2.24, 2.45) is 5.92 Å². The first kappa shape index (κ1) is 12.8. The molecule has 2 rings (SSSR count).